The maximum Gasteiger partial charge on any atom is 0.414 e. The molecule has 0 amide bonds. The van der Waals surface area contributed by atoms with Gasteiger partial charge in [0.1, 0.15) is 11.3 Å². The van der Waals surface area contributed by atoms with E-state index >= 15 is 0 Å². The summed E-state index contributed by atoms with van der Waals surface area (Å²) in [5.41, 5.74) is 9.18. The Bertz CT molecular complexity index is 1090. The van der Waals surface area contributed by atoms with E-state index in [4.69, 9.17) is 25.5 Å². The fraction of sp³-hybridized carbons (Fsp3) is 0.474. The van der Waals surface area contributed by atoms with Crippen molar-refractivity contribution in [3.8, 4) is 6.07 Å². The minimum atomic E-state index is -3.37. The summed E-state index contributed by atoms with van der Waals surface area (Å²) in [7, 11) is 0. The monoisotopic (exact) mass is 455 g/mol. The van der Waals surface area contributed by atoms with Crippen LogP contribution in [0.2, 0.25) is 0 Å². The number of fused-ring (bicyclic) bond motifs is 3. The maximum atomic E-state index is 10.7. The van der Waals surface area contributed by atoms with Crippen LogP contribution in [-0.2, 0) is 14.5 Å². The third kappa shape index (κ3) is 4.95. The number of halogens is 3. The third-order valence-corrected chi connectivity index (χ3v) is 5.75. The molecule has 0 spiro atoms. The number of nitriles is 1. The van der Waals surface area contributed by atoms with Gasteiger partial charge in [0.2, 0.25) is 0 Å². The van der Waals surface area contributed by atoms with Crippen molar-refractivity contribution in [2.45, 2.75) is 50.8 Å². The average molecular weight is 455 g/mol. The molecule has 12 heteroatoms. The van der Waals surface area contributed by atoms with Crippen molar-refractivity contribution in [1.82, 2.24) is 14.5 Å². The number of imidazole rings is 1. The number of nitrogens with two attached hydrogens (primary N) is 1. The summed E-state index contributed by atoms with van der Waals surface area (Å²) in [5.74, 6) is -1.28. The number of hydrogen-bond acceptors (Lipinski definition) is 8. The number of rotatable bonds is 4. The normalized spacial score (nSPS) is 19.6. The van der Waals surface area contributed by atoms with Crippen molar-refractivity contribution in [3.05, 3.63) is 23.5 Å². The number of carbonyl (C=O) groups excluding carboxylic acids is 1. The average Bonchev–Trinajstić information content (AvgIpc) is 3.38. The molecule has 2 N–H and O–H groups in total. The zero-order valence-corrected chi connectivity index (χ0v) is 17.3. The zero-order valence-electron chi connectivity index (χ0n) is 16.5. The smallest absolute Gasteiger partial charge is 0.375 e. The summed E-state index contributed by atoms with van der Waals surface area (Å²) in [6.45, 7) is 2.55. The summed E-state index contributed by atoms with van der Waals surface area (Å²) in [6.07, 6.45) is 0.806. The summed E-state index contributed by atoms with van der Waals surface area (Å²) in [4.78, 5) is 20.5. The second kappa shape index (κ2) is 10.0. The molecule has 1 unspecified atom stereocenters. The van der Waals surface area contributed by atoms with E-state index in [-0.39, 0.29) is 18.2 Å². The topological polar surface area (TPSA) is 116 Å². The first-order valence-corrected chi connectivity index (χ1v) is 10.3. The number of alkyl halides is 2. The molecule has 4 heterocycles. The second-order valence-electron chi connectivity index (χ2n) is 7.00. The van der Waals surface area contributed by atoms with Gasteiger partial charge in [-0.1, -0.05) is 0 Å². The van der Waals surface area contributed by atoms with E-state index in [1.165, 1.54) is 0 Å². The number of thiophene rings is 1. The Kier molecular flexibility index (Phi) is 7.42. The molecular weight excluding hydrogens is 435 g/mol. The first-order valence-electron chi connectivity index (χ1n) is 9.46. The molecule has 0 saturated carbocycles. The molecule has 31 heavy (non-hydrogen) atoms. The van der Waals surface area contributed by atoms with Crippen LogP contribution in [0, 0.1) is 11.3 Å². The Morgan fingerprint density at radius 3 is 2.81 bits per heavy atom. The van der Waals surface area contributed by atoms with Crippen molar-refractivity contribution in [2.24, 2.45) is 5.73 Å². The number of ether oxygens (including phenoxy) is 1. The minimum absolute atomic E-state index is 0.0446. The van der Waals surface area contributed by atoms with E-state index < -0.39 is 12.4 Å². The second-order valence-corrected chi connectivity index (χ2v) is 7.92. The lowest BCUT2D eigenvalue weighted by Crippen LogP contribution is -2.29. The summed E-state index contributed by atoms with van der Waals surface area (Å²) in [5, 5.41) is 10.9. The molecule has 166 valence electrons. The highest BCUT2D eigenvalue weighted by Crippen LogP contribution is 2.35. The predicted molar refractivity (Wildman–Crippen MR) is 107 cm³/mol. The van der Waals surface area contributed by atoms with Crippen LogP contribution in [0.5, 0.6) is 0 Å². The van der Waals surface area contributed by atoms with Crippen molar-refractivity contribution in [1.29, 1.82) is 5.26 Å². The molecule has 1 aliphatic heterocycles. The third-order valence-electron chi connectivity index (χ3n) is 4.84. The van der Waals surface area contributed by atoms with E-state index in [2.05, 4.69) is 25.9 Å². The number of pyridine rings is 1. The van der Waals surface area contributed by atoms with Gasteiger partial charge >= 0.3 is 12.4 Å². The van der Waals surface area contributed by atoms with Crippen LogP contribution in [-0.4, -0.2) is 39.6 Å². The molecule has 0 aromatic carbocycles. The maximum absolute atomic E-state index is 10.7. The number of hydrogen-bond donors (Lipinski definition) is 1. The molecule has 3 atom stereocenters. The van der Waals surface area contributed by atoms with Gasteiger partial charge in [-0.05, 0) is 31.2 Å². The van der Waals surface area contributed by atoms with Gasteiger partial charge in [-0.2, -0.15) is 14.0 Å². The zero-order chi connectivity index (χ0) is 22.5. The van der Waals surface area contributed by atoms with Crippen molar-refractivity contribution in [3.63, 3.8) is 0 Å². The lowest BCUT2D eigenvalue weighted by Gasteiger charge is -2.30. The Labute approximate surface area is 179 Å². The van der Waals surface area contributed by atoms with Crippen LogP contribution in [0.3, 0.4) is 0 Å². The van der Waals surface area contributed by atoms with Crippen LogP contribution in [0.1, 0.15) is 44.1 Å². The molecule has 0 radical (unpaired) electrons. The Morgan fingerprint density at radius 2 is 2.26 bits per heavy atom. The van der Waals surface area contributed by atoms with Crippen LogP contribution >= 0.6 is 11.3 Å². The van der Waals surface area contributed by atoms with Gasteiger partial charge in [-0.3, -0.25) is 4.98 Å². The van der Waals surface area contributed by atoms with Crippen molar-refractivity contribution < 1.29 is 27.8 Å². The van der Waals surface area contributed by atoms with E-state index in [0.29, 0.717) is 13.0 Å². The van der Waals surface area contributed by atoms with E-state index in [1.807, 2.05) is 19.2 Å². The molecule has 1 aliphatic rings. The molecule has 8 nitrogen and oxygen atoms in total. The number of carbonyl (C=O) groups is 1. The van der Waals surface area contributed by atoms with Crippen LogP contribution in [0.15, 0.2) is 17.6 Å². The SMILES string of the molecule is CC(N)c1nc2cnc3ccsc3c2n1[C@H]1CC[C@H](CC#N)OC1.O=C(OF)C(F)F. The quantitative estimate of drug-likeness (QED) is 0.632. The predicted octanol–water partition coefficient (Wildman–Crippen LogP) is 3.98. The van der Waals surface area contributed by atoms with E-state index in [9.17, 15) is 13.3 Å². The largest absolute Gasteiger partial charge is 0.414 e. The lowest BCUT2D eigenvalue weighted by atomic mass is 10.0. The minimum Gasteiger partial charge on any atom is -0.375 e. The first-order chi connectivity index (χ1) is 14.9. The molecule has 1 saturated heterocycles. The standard InChI is InChI=1S/C17H19N5OS.C2HF3O2/c1-10(19)17-21-14-8-20-13-5-7-24-16(13)15(14)22(17)11-2-3-12(4-6-18)23-9-11;3-1(4)2(6)7-5/h5,7-8,10-12H,2-4,9,19H2,1H3;1H/t10?,11-,12+;/m0./s1. The molecule has 0 bridgehead atoms. The van der Waals surface area contributed by atoms with Gasteiger partial charge in [-0.25, -0.2) is 14.7 Å². The molecular formula is C19H20F3N5O3S. The summed E-state index contributed by atoms with van der Waals surface area (Å²) >= 11 is 1.68. The fourth-order valence-corrected chi connectivity index (χ4v) is 4.37. The molecule has 3 aromatic heterocycles. The van der Waals surface area contributed by atoms with Gasteiger partial charge in [0.15, 0.2) is 0 Å². The fourth-order valence-electron chi connectivity index (χ4n) is 3.48. The lowest BCUT2D eigenvalue weighted by molar-refractivity contribution is -0.196. The van der Waals surface area contributed by atoms with Crippen LogP contribution in [0.4, 0.5) is 13.3 Å². The highest BCUT2D eigenvalue weighted by Gasteiger charge is 2.28. The Morgan fingerprint density at radius 1 is 1.48 bits per heavy atom. The van der Waals surface area contributed by atoms with Crippen LogP contribution < -0.4 is 5.73 Å². The van der Waals surface area contributed by atoms with E-state index in [0.717, 1.165) is 39.9 Å². The number of nitrogens with zero attached hydrogens (tertiary/aromatic N) is 4. The van der Waals surface area contributed by atoms with Gasteiger partial charge in [0, 0.05) is 4.53 Å². The molecule has 0 aliphatic carbocycles. The van der Waals surface area contributed by atoms with Crippen molar-refractivity contribution >= 4 is 38.6 Å². The highest BCUT2D eigenvalue weighted by atomic mass is 32.1. The summed E-state index contributed by atoms with van der Waals surface area (Å²) < 4.78 is 41.0. The first kappa shape index (κ1) is 22.9. The Hall–Kier alpha value is -2.75. The van der Waals surface area contributed by atoms with Gasteiger partial charge in [0.25, 0.3) is 0 Å². The molecule has 4 rings (SSSR count). The van der Waals surface area contributed by atoms with Gasteiger partial charge < -0.3 is 15.0 Å². The molecule has 3 aromatic rings. The Balaban J connectivity index is 0.000000339. The summed E-state index contributed by atoms with van der Waals surface area (Å²) in [6, 6.07) is 4.26. The van der Waals surface area contributed by atoms with Crippen LogP contribution in [0.25, 0.3) is 21.3 Å². The van der Waals surface area contributed by atoms with E-state index in [1.54, 1.807) is 11.3 Å². The molecule has 1 fully saturated rings. The number of aromatic nitrogens is 3. The van der Waals surface area contributed by atoms with Gasteiger partial charge in [-0.15, -0.1) is 11.3 Å². The highest BCUT2D eigenvalue weighted by molar-refractivity contribution is 7.18. The van der Waals surface area contributed by atoms with Gasteiger partial charge in [0.05, 0.1) is 59.2 Å². The van der Waals surface area contributed by atoms with Crippen molar-refractivity contribution in [2.75, 3.05) is 6.61 Å².